The number of aliphatic imine (C=N–C) groups is 1. The second-order valence-electron chi connectivity index (χ2n) is 5.11. The van der Waals surface area contributed by atoms with Crippen molar-refractivity contribution in [3.8, 4) is 0 Å². The number of benzene rings is 1. The Kier molecular flexibility index (Phi) is 4.73. The Morgan fingerprint density at radius 2 is 1.62 bits per heavy atom. The molecule has 1 aliphatic carbocycles. The highest BCUT2D eigenvalue weighted by atomic mass is 19.4. The summed E-state index contributed by atoms with van der Waals surface area (Å²) in [6, 6.07) is 4.35. The highest BCUT2D eigenvalue weighted by Gasteiger charge is 2.62. The van der Waals surface area contributed by atoms with Crippen molar-refractivity contribution < 1.29 is 36.2 Å². The monoisotopic (exact) mass is 351 g/mol. The van der Waals surface area contributed by atoms with Gasteiger partial charge in [0.25, 0.3) is 0 Å². The molecule has 0 heterocycles. The van der Waals surface area contributed by atoms with Crippen LogP contribution in [0.25, 0.3) is 0 Å². The summed E-state index contributed by atoms with van der Waals surface area (Å²) >= 11 is 0. The van der Waals surface area contributed by atoms with Gasteiger partial charge in [0.1, 0.15) is 5.82 Å². The van der Waals surface area contributed by atoms with Gasteiger partial charge in [-0.2, -0.15) is 22.0 Å². The average molecular weight is 351 g/mol. The molecule has 9 heteroatoms. The molecule has 0 radical (unpaired) electrons. The molecule has 1 fully saturated rings. The molecule has 0 bridgehead atoms. The van der Waals surface area contributed by atoms with Gasteiger partial charge < -0.3 is 5.11 Å². The van der Waals surface area contributed by atoms with E-state index in [4.69, 9.17) is 0 Å². The van der Waals surface area contributed by atoms with Gasteiger partial charge in [-0.15, -0.1) is 0 Å². The fraction of sp³-hybridized carbons (Fsp3) is 0.333. The largest absolute Gasteiger partial charge is 0.505 e. The molecule has 0 spiro atoms. The van der Waals surface area contributed by atoms with Gasteiger partial charge >= 0.3 is 12.1 Å². The lowest BCUT2D eigenvalue weighted by atomic mass is 9.89. The molecule has 1 aliphatic rings. The first-order valence-corrected chi connectivity index (χ1v) is 6.79. The van der Waals surface area contributed by atoms with Crippen molar-refractivity contribution in [3.63, 3.8) is 0 Å². The normalized spacial score (nSPS) is 20.4. The number of alkyl halides is 5. The Bertz CT molecular complexity index is 704. The fourth-order valence-corrected chi connectivity index (χ4v) is 2.17. The van der Waals surface area contributed by atoms with Crippen LogP contribution in [0.1, 0.15) is 19.3 Å². The van der Waals surface area contributed by atoms with E-state index >= 15 is 0 Å². The molecule has 0 saturated heterocycles. The Morgan fingerprint density at radius 1 is 1.04 bits per heavy atom. The number of allylic oxidation sites excluding steroid dienone is 2. The molecule has 0 atom stereocenters. The number of aliphatic hydroxyl groups excluding tert-OH is 1. The third kappa shape index (κ3) is 3.44. The molecule has 130 valence electrons. The van der Waals surface area contributed by atoms with Gasteiger partial charge in [0.15, 0.2) is 11.5 Å². The van der Waals surface area contributed by atoms with Gasteiger partial charge in [0.2, 0.25) is 0 Å². The highest BCUT2D eigenvalue weighted by Crippen LogP contribution is 2.42. The van der Waals surface area contributed by atoms with E-state index in [-0.39, 0.29) is 30.7 Å². The molecule has 1 aromatic rings. The van der Waals surface area contributed by atoms with Crippen molar-refractivity contribution in [1.82, 2.24) is 0 Å². The van der Waals surface area contributed by atoms with E-state index in [1.54, 1.807) is 0 Å². The second kappa shape index (κ2) is 6.29. The van der Waals surface area contributed by atoms with Crippen LogP contribution in [0, 0.1) is 5.82 Å². The summed E-state index contributed by atoms with van der Waals surface area (Å²) in [5.74, 6) is -9.58. The van der Waals surface area contributed by atoms with E-state index in [1.165, 1.54) is 0 Å². The van der Waals surface area contributed by atoms with E-state index in [1.807, 2.05) is 0 Å². The third-order valence-electron chi connectivity index (χ3n) is 3.37. The van der Waals surface area contributed by atoms with Crippen LogP contribution in [0.2, 0.25) is 0 Å². The maximum Gasteiger partial charge on any atom is 0.461 e. The van der Waals surface area contributed by atoms with Crippen molar-refractivity contribution in [1.29, 1.82) is 0 Å². The van der Waals surface area contributed by atoms with Crippen molar-refractivity contribution in [3.05, 3.63) is 41.4 Å². The molecule has 1 saturated carbocycles. The number of aliphatic hydroxyl groups is 1. The SMILES string of the molecule is O=C1CCCC(=Nc2ccc(F)cc2)/C1=C(\O)C(F)(F)C(F)(F)F. The minimum atomic E-state index is -6.05. The number of hydrogen-bond acceptors (Lipinski definition) is 3. The minimum Gasteiger partial charge on any atom is -0.505 e. The molecule has 1 N–H and O–H groups in total. The van der Waals surface area contributed by atoms with Gasteiger partial charge in [-0.1, -0.05) is 0 Å². The Morgan fingerprint density at radius 3 is 2.17 bits per heavy atom. The minimum absolute atomic E-state index is 0.0572. The number of halogens is 6. The summed E-state index contributed by atoms with van der Waals surface area (Å²) in [5.41, 5.74) is -1.46. The second-order valence-corrected chi connectivity index (χ2v) is 5.11. The van der Waals surface area contributed by atoms with E-state index in [0.717, 1.165) is 24.3 Å². The first kappa shape index (κ1) is 18.0. The molecule has 2 rings (SSSR count). The predicted octanol–water partition coefficient (Wildman–Crippen LogP) is 4.66. The van der Waals surface area contributed by atoms with Gasteiger partial charge in [0.05, 0.1) is 17.0 Å². The van der Waals surface area contributed by atoms with E-state index in [0.29, 0.717) is 0 Å². The predicted molar refractivity (Wildman–Crippen MR) is 73.0 cm³/mol. The van der Waals surface area contributed by atoms with Crippen LogP contribution >= 0.6 is 0 Å². The Balaban J connectivity index is 2.56. The van der Waals surface area contributed by atoms with E-state index < -0.39 is 35.0 Å². The molecule has 0 aliphatic heterocycles. The first-order valence-electron chi connectivity index (χ1n) is 6.79. The summed E-state index contributed by atoms with van der Waals surface area (Å²) in [4.78, 5) is 15.6. The molecule has 24 heavy (non-hydrogen) atoms. The summed E-state index contributed by atoms with van der Waals surface area (Å²) in [6.07, 6.45) is -6.22. The molecule has 0 aromatic heterocycles. The number of carbonyl (C=O) groups excluding carboxylic acids is 1. The van der Waals surface area contributed by atoms with Crippen molar-refractivity contribution in [2.24, 2.45) is 4.99 Å². The lowest BCUT2D eigenvalue weighted by Gasteiger charge is -2.23. The number of nitrogens with zero attached hydrogens (tertiary/aromatic N) is 1. The van der Waals surface area contributed by atoms with Gasteiger partial charge in [-0.05, 0) is 37.1 Å². The van der Waals surface area contributed by atoms with Gasteiger partial charge in [0, 0.05) is 6.42 Å². The van der Waals surface area contributed by atoms with Crippen LogP contribution in [0.3, 0.4) is 0 Å². The van der Waals surface area contributed by atoms with Crippen LogP contribution < -0.4 is 0 Å². The van der Waals surface area contributed by atoms with Crippen molar-refractivity contribution in [2.45, 2.75) is 31.4 Å². The maximum atomic E-state index is 13.4. The lowest BCUT2D eigenvalue weighted by molar-refractivity contribution is -0.274. The number of Topliss-reactive ketones (excluding diaryl/α,β-unsaturated/α-hetero) is 1. The number of carbonyl (C=O) groups is 1. The molecular weight excluding hydrogens is 340 g/mol. The van der Waals surface area contributed by atoms with Crippen LogP contribution in [0.15, 0.2) is 40.6 Å². The zero-order valence-electron chi connectivity index (χ0n) is 12.0. The summed E-state index contributed by atoms with van der Waals surface area (Å²) in [6.45, 7) is 0. The van der Waals surface area contributed by atoms with Crippen molar-refractivity contribution in [2.75, 3.05) is 0 Å². The smallest absolute Gasteiger partial charge is 0.461 e. The molecule has 1 aromatic carbocycles. The standard InChI is InChI=1S/C15H11F6NO2/c16-8-4-6-9(7-5-8)22-10-2-1-3-11(23)12(10)13(24)14(17,18)15(19,20)21/h4-7,24H,1-3H2/b13-12+,22-10?. The summed E-state index contributed by atoms with van der Waals surface area (Å²) in [5, 5.41) is 9.45. The fourth-order valence-electron chi connectivity index (χ4n) is 2.17. The molecule has 3 nitrogen and oxygen atoms in total. The lowest BCUT2D eigenvalue weighted by Crippen LogP contribution is -2.41. The first-order chi connectivity index (χ1) is 11.0. The molecule has 0 amide bonds. The van der Waals surface area contributed by atoms with Gasteiger partial charge in [-0.3, -0.25) is 9.79 Å². The Labute approximate surface area is 132 Å². The van der Waals surface area contributed by atoms with Crippen LogP contribution in [-0.4, -0.2) is 28.7 Å². The highest BCUT2D eigenvalue weighted by molar-refractivity contribution is 6.24. The summed E-state index contributed by atoms with van der Waals surface area (Å²) in [7, 11) is 0. The van der Waals surface area contributed by atoms with Crippen LogP contribution in [0.5, 0.6) is 0 Å². The van der Waals surface area contributed by atoms with Crippen LogP contribution in [0.4, 0.5) is 32.0 Å². The molecule has 0 unspecified atom stereocenters. The average Bonchev–Trinajstić information content (AvgIpc) is 2.48. The molecular formula is C15H11F6NO2. The van der Waals surface area contributed by atoms with Crippen molar-refractivity contribution >= 4 is 17.2 Å². The number of rotatable bonds is 2. The van der Waals surface area contributed by atoms with Crippen LogP contribution in [-0.2, 0) is 4.79 Å². The topological polar surface area (TPSA) is 49.7 Å². The van der Waals surface area contributed by atoms with Gasteiger partial charge in [-0.25, -0.2) is 4.39 Å². The zero-order chi connectivity index (χ0) is 18.1. The zero-order valence-corrected chi connectivity index (χ0v) is 12.0. The van der Waals surface area contributed by atoms with E-state index in [2.05, 4.69) is 4.99 Å². The maximum absolute atomic E-state index is 13.4. The Hall–Kier alpha value is -2.32. The van der Waals surface area contributed by atoms with E-state index in [9.17, 15) is 36.2 Å². The summed E-state index contributed by atoms with van der Waals surface area (Å²) < 4.78 is 76.8. The quantitative estimate of drug-likeness (QED) is 0.479. The number of hydrogen-bond donors (Lipinski definition) is 1. The number of ketones is 1. The third-order valence-corrected chi connectivity index (χ3v) is 3.37.